The molecule has 0 fully saturated rings. The van der Waals surface area contributed by atoms with Gasteiger partial charge in [-0.3, -0.25) is 8.42 Å². The fourth-order valence-electron chi connectivity index (χ4n) is 0. The molecular formula is CHAgF3O4S-2. The number of rotatable bonds is 0. The Morgan fingerprint density at radius 2 is 1.10 bits per heavy atom. The van der Waals surface area contributed by atoms with Gasteiger partial charge in [0.25, 0.3) is 0 Å². The van der Waals surface area contributed by atoms with Gasteiger partial charge in [0.05, 0.1) is 0 Å². The van der Waals surface area contributed by atoms with Crippen molar-refractivity contribution in [1.82, 2.24) is 0 Å². The van der Waals surface area contributed by atoms with Gasteiger partial charge < -0.3 is 9.11 Å². The number of halogens is 3. The van der Waals surface area contributed by atoms with Crippen LogP contribution in [0, 0.1) is 0 Å². The Hall–Kier alpha value is 0.400. The van der Waals surface area contributed by atoms with Gasteiger partial charge in [0.15, 0.2) is 0 Å². The minimum absolute atomic E-state index is 0. The van der Waals surface area contributed by atoms with Crippen molar-refractivity contribution in [3.63, 3.8) is 0 Å². The van der Waals surface area contributed by atoms with E-state index in [1.807, 2.05) is 0 Å². The van der Waals surface area contributed by atoms with E-state index in [0.717, 1.165) is 0 Å². The largest absolute Gasteiger partial charge is 0.759 e. The Kier molecular flexibility index (Phi) is 12.6. The molecule has 0 spiro atoms. The van der Waals surface area contributed by atoms with Crippen molar-refractivity contribution in [2.75, 3.05) is 0 Å². The number of hydrogen-bond acceptors (Lipinski definition) is 4. The van der Waals surface area contributed by atoms with Gasteiger partial charge in [0, 0.05) is 32.8 Å². The summed E-state index contributed by atoms with van der Waals surface area (Å²) in [7, 11) is -5.17. The molecule has 0 atom stereocenters. The molecule has 0 aromatic heterocycles. The minimum Gasteiger partial charge on any atom is -0.759 e. The molecule has 0 bridgehead atoms. The van der Waals surface area contributed by atoms with Crippen LogP contribution < -0.4 is 0 Å². The van der Waals surface area contributed by atoms with Crippen LogP contribution in [0.5, 0.6) is 0 Å². The molecule has 0 aromatic carbocycles. The summed E-state index contributed by atoms with van der Waals surface area (Å²) < 4.78 is 63.1. The molecule has 0 aliphatic heterocycles. The predicted octanol–water partition coefficient (Wildman–Crippen LogP) is -0.162. The first-order valence-corrected chi connectivity index (χ1v) is 2.65. The van der Waals surface area contributed by atoms with Gasteiger partial charge in [0.1, 0.15) is 0 Å². The molecule has 0 aliphatic rings. The first kappa shape index (κ1) is 16.8. The molecule has 10 heavy (non-hydrogen) atoms. The van der Waals surface area contributed by atoms with Crippen molar-refractivity contribution < 1.29 is 53.1 Å². The zero-order valence-electron chi connectivity index (χ0n) is 4.05. The molecule has 0 saturated carbocycles. The minimum atomic E-state index is -5.17. The Bertz CT molecular complexity index is 132. The molecule has 0 N–H and O–H groups in total. The zero-order valence-corrected chi connectivity index (χ0v) is 6.35. The van der Waals surface area contributed by atoms with Gasteiger partial charge in [-0.05, 0) is 0 Å². The molecule has 0 heterocycles. The van der Waals surface area contributed by atoms with Crippen molar-refractivity contribution in [1.29, 1.82) is 0 Å². The van der Waals surface area contributed by atoms with E-state index in [4.69, 9.17) is 17.5 Å². The SMILES string of the molecule is FC(F)F.O=S(=O)([O-])[O-].[Ag]. The summed E-state index contributed by atoms with van der Waals surface area (Å²) in [6, 6.07) is 0. The molecule has 0 amide bonds. The Morgan fingerprint density at radius 3 is 1.10 bits per heavy atom. The second-order valence-corrected chi connectivity index (χ2v) is 1.47. The van der Waals surface area contributed by atoms with Crippen molar-refractivity contribution in [2.45, 2.75) is 6.68 Å². The van der Waals surface area contributed by atoms with E-state index >= 15 is 0 Å². The maximum absolute atomic E-state index is 9.67. The third-order valence-electron chi connectivity index (χ3n) is 0. The average molecular weight is 274 g/mol. The quantitative estimate of drug-likeness (QED) is 0.349. The summed E-state index contributed by atoms with van der Waals surface area (Å²) in [6.45, 7) is -3.67. The molecule has 4 nitrogen and oxygen atoms in total. The summed E-state index contributed by atoms with van der Waals surface area (Å²) >= 11 is 0. The summed E-state index contributed by atoms with van der Waals surface area (Å²) in [5, 5.41) is 0. The molecule has 9 heteroatoms. The smallest absolute Gasteiger partial charge is 0.379 e. The van der Waals surface area contributed by atoms with Gasteiger partial charge in [0.2, 0.25) is 0 Å². The normalized spacial score (nSPS) is 9.40. The standard InChI is InChI=1S/CHF3.Ag.H2O4S/c2-1(3)4;;1-5(2,3)4/h1H;;(H2,1,2,3,4)/p-2. The van der Waals surface area contributed by atoms with Crippen LogP contribution in [0.4, 0.5) is 13.2 Å². The van der Waals surface area contributed by atoms with E-state index in [1.165, 1.54) is 0 Å². The van der Waals surface area contributed by atoms with Gasteiger partial charge in [-0.1, -0.05) is 0 Å². The molecule has 1 radical (unpaired) electrons. The molecule has 0 unspecified atom stereocenters. The second-order valence-electron chi connectivity index (χ2n) is 0.656. The maximum atomic E-state index is 9.67. The fourth-order valence-corrected chi connectivity index (χ4v) is 0. The van der Waals surface area contributed by atoms with Crippen molar-refractivity contribution in [3.8, 4) is 0 Å². The van der Waals surface area contributed by atoms with E-state index < -0.39 is 17.1 Å². The van der Waals surface area contributed by atoms with Crippen molar-refractivity contribution >= 4 is 10.4 Å². The Balaban J connectivity index is -0.0000000910. The maximum Gasteiger partial charge on any atom is 0.379 e. The summed E-state index contributed by atoms with van der Waals surface area (Å²) in [5.41, 5.74) is 0. The van der Waals surface area contributed by atoms with Crippen LogP contribution >= 0.6 is 0 Å². The van der Waals surface area contributed by atoms with Crippen LogP contribution in [0.3, 0.4) is 0 Å². The first-order valence-electron chi connectivity index (χ1n) is 1.32. The van der Waals surface area contributed by atoms with Gasteiger partial charge in [-0.15, -0.1) is 0 Å². The molecule has 69 valence electrons. The molecule has 0 aliphatic carbocycles. The first-order chi connectivity index (χ1) is 3.73. The number of alkyl halides is 3. The second kappa shape index (κ2) is 7.51. The topological polar surface area (TPSA) is 80.3 Å². The van der Waals surface area contributed by atoms with Crippen molar-refractivity contribution in [2.24, 2.45) is 0 Å². The molecule has 0 rings (SSSR count). The average Bonchev–Trinajstić information content (AvgIpc) is 1.19. The van der Waals surface area contributed by atoms with Crippen LogP contribution in [-0.2, 0) is 32.8 Å². The van der Waals surface area contributed by atoms with Crippen LogP contribution in [0.1, 0.15) is 0 Å². The summed E-state index contributed by atoms with van der Waals surface area (Å²) in [5.74, 6) is 0. The van der Waals surface area contributed by atoms with E-state index in [2.05, 4.69) is 0 Å². The Morgan fingerprint density at radius 1 is 1.10 bits per heavy atom. The van der Waals surface area contributed by atoms with Crippen LogP contribution in [0.15, 0.2) is 0 Å². The summed E-state index contributed by atoms with van der Waals surface area (Å²) in [4.78, 5) is 0. The van der Waals surface area contributed by atoms with Gasteiger partial charge in [-0.25, -0.2) is 0 Å². The van der Waals surface area contributed by atoms with Crippen LogP contribution in [0.25, 0.3) is 0 Å². The van der Waals surface area contributed by atoms with E-state index in [9.17, 15) is 13.2 Å². The van der Waals surface area contributed by atoms with Crippen LogP contribution in [-0.4, -0.2) is 24.2 Å². The molecule has 0 saturated heterocycles. The van der Waals surface area contributed by atoms with Gasteiger partial charge >= 0.3 is 6.68 Å². The summed E-state index contributed by atoms with van der Waals surface area (Å²) in [6.07, 6.45) is 0. The predicted molar refractivity (Wildman–Crippen MR) is 17.6 cm³/mol. The molecule has 0 aromatic rings. The van der Waals surface area contributed by atoms with Crippen LogP contribution in [0.2, 0.25) is 0 Å². The van der Waals surface area contributed by atoms with E-state index in [1.54, 1.807) is 0 Å². The Labute approximate surface area is 70.5 Å². The fraction of sp³-hybridized carbons (Fsp3) is 1.00. The molecular weight excluding hydrogens is 273 g/mol. The van der Waals surface area contributed by atoms with E-state index in [-0.39, 0.29) is 22.4 Å². The zero-order chi connectivity index (χ0) is 8.08. The third kappa shape index (κ3) is 2870. The number of hydrogen-bond donors (Lipinski definition) is 0. The van der Waals surface area contributed by atoms with Gasteiger partial charge in [-0.2, -0.15) is 13.2 Å². The monoisotopic (exact) mass is 273 g/mol. The third-order valence-corrected chi connectivity index (χ3v) is 0. The van der Waals surface area contributed by atoms with E-state index in [0.29, 0.717) is 0 Å². The van der Waals surface area contributed by atoms with Crippen molar-refractivity contribution in [3.05, 3.63) is 0 Å².